The summed E-state index contributed by atoms with van der Waals surface area (Å²) < 4.78 is 22.9. The second-order valence-electron chi connectivity index (χ2n) is 4.60. The first-order chi connectivity index (χ1) is 9.44. The molecule has 2 rings (SSSR count). The number of nitro benzene ring substituents is 1. The Morgan fingerprint density at radius 2 is 2.00 bits per heavy atom. The average Bonchev–Trinajstić information content (AvgIpc) is 2.38. The molecule has 1 aromatic rings. The van der Waals surface area contributed by atoms with E-state index in [-0.39, 0.29) is 17.2 Å². The Balaban J connectivity index is 2.36. The van der Waals surface area contributed by atoms with Gasteiger partial charge in [0.25, 0.3) is 0 Å². The predicted molar refractivity (Wildman–Crippen MR) is 78.1 cm³/mol. The number of hydrogen-bond acceptors (Lipinski definition) is 6. The molecule has 0 radical (unpaired) electrons. The molecule has 110 valence electrons. The lowest BCUT2D eigenvalue weighted by Gasteiger charge is -2.28. The second kappa shape index (κ2) is 5.66. The van der Waals surface area contributed by atoms with E-state index in [2.05, 4.69) is 5.32 Å². The van der Waals surface area contributed by atoms with Gasteiger partial charge in [-0.2, -0.15) is 0 Å². The Labute approximate surface area is 117 Å². The lowest BCUT2D eigenvalue weighted by Crippen LogP contribution is -2.40. The van der Waals surface area contributed by atoms with Crippen molar-refractivity contribution in [2.75, 3.05) is 41.4 Å². The SMILES string of the molecule is CCNc1cccc(N2CCS(=O)(=O)CC2)c1[N+](=O)[O-]. The number of benzene rings is 1. The van der Waals surface area contributed by atoms with Gasteiger partial charge in [0, 0.05) is 19.6 Å². The molecule has 7 nitrogen and oxygen atoms in total. The van der Waals surface area contributed by atoms with Crippen LogP contribution in [-0.2, 0) is 9.84 Å². The van der Waals surface area contributed by atoms with E-state index >= 15 is 0 Å². The maximum atomic E-state index is 11.4. The number of nitrogens with zero attached hydrogens (tertiary/aromatic N) is 2. The number of nitrogens with one attached hydrogen (secondary N) is 1. The summed E-state index contributed by atoms with van der Waals surface area (Å²) in [6.45, 7) is 3.03. The van der Waals surface area contributed by atoms with Crippen molar-refractivity contribution in [1.82, 2.24) is 0 Å². The van der Waals surface area contributed by atoms with E-state index in [1.807, 2.05) is 6.92 Å². The van der Waals surface area contributed by atoms with E-state index in [0.717, 1.165) is 0 Å². The molecule has 0 atom stereocenters. The fourth-order valence-corrected chi connectivity index (χ4v) is 3.47. The Hall–Kier alpha value is -1.83. The van der Waals surface area contributed by atoms with E-state index in [1.54, 1.807) is 23.1 Å². The molecule has 1 N–H and O–H groups in total. The number of sulfone groups is 1. The zero-order valence-corrected chi connectivity index (χ0v) is 12.0. The van der Waals surface area contributed by atoms with Crippen LogP contribution in [0.5, 0.6) is 0 Å². The highest BCUT2D eigenvalue weighted by atomic mass is 32.2. The number of rotatable bonds is 4. The summed E-state index contributed by atoms with van der Waals surface area (Å²) in [6, 6.07) is 5.06. The van der Waals surface area contributed by atoms with Crippen molar-refractivity contribution in [2.45, 2.75) is 6.92 Å². The minimum absolute atomic E-state index is 0.00801. The van der Waals surface area contributed by atoms with Crippen molar-refractivity contribution in [3.05, 3.63) is 28.3 Å². The third-order valence-electron chi connectivity index (χ3n) is 3.25. The Morgan fingerprint density at radius 1 is 1.35 bits per heavy atom. The topological polar surface area (TPSA) is 92.6 Å². The Bertz CT molecular complexity index is 601. The maximum Gasteiger partial charge on any atom is 0.315 e. The zero-order valence-electron chi connectivity index (χ0n) is 11.2. The summed E-state index contributed by atoms with van der Waals surface area (Å²) >= 11 is 0. The van der Waals surface area contributed by atoms with Crippen LogP contribution in [0.3, 0.4) is 0 Å². The maximum absolute atomic E-state index is 11.4. The smallest absolute Gasteiger partial charge is 0.315 e. The molecule has 0 saturated carbocycles. The summed E-state index contributed by atoms with van der Waals surface area (Å²) in [6.07, 6.45) is 0. The summed E-state index contributed by atoms with van der Waals surface area (Å²) in [5.74, 6) is 0.0746. The predicted octanol–water partition coefficient (Wildman–Crippen LogP) is 1.26. The molecule has 0 aliphatic carbocycles. The average molecular weight is 299 g/mol. The van der Waals surface area contributed by atoms with E-state index in [4.69, 9.17) is 0 Å². The van der Waals surface area contributed by atoms with Crippen LogP contribution in [0.1, 0.15) is 6.92 Å². The molecule has 0 bridgehead atoms. The Morgan fingerprint density at radius 3 is 2.55 bits per heavy atom. The van der Waals surface area contributed by atoms with Gasteiger partial charge in [-0.25, -0.2) is 8.42 Å². The molecule has 0 aromatic heterocycles. The first-order valence-electron chi connectivity index (χ1n) is 6.41. The standard InChI is InChI=1S/C12H17N3O4S/c1-2-13-10-4-3-5-11(12(10)15(16)17)14-6-8-20(18,19)9-7-14/h3-5,13H,2,6-9H2,1H3. The van der Waals surface area contributed by atoms with Crippen LogP contribution in [0.15, 0.2) is 18.2 Å². The van der Waals surface area contributed by atoms with Crippen molar-refractivity contribution in [1.29, 1.82) is 0 Å². The molecule has 1 aliphatic heterocycles. The van der Waals surface area contributed by atoms with E-state index < -0.39 is 14.8 Å². The molecular formula is C12H17N3O4S. The molecule has 0 amide bonds. The molecule has 8 heteroatoms. The van der Waals surface area contributed by atoms with E-state index in [9.17, 15) is 18.5 Å². The van der Waals surface area contributed by atoms with Gasteiger partial charge in [-0.3, -0.25) is 10.1 Å². The molecule has 1 saturated heterocycles. The molecule has 1 heterocycles. The van der Waals surface area contributed by atoms with Gasteiger partial charge in [0.05, 0.1) is 16.4 Å². The third kappa shape index (κ3) is 3.01. The molecule has 0 spiro atoms. The quantitative estimate of drug-likeness (QED) is 0.664. The van der Waals surface area contributed by atoms with Crippen LogP contribution in [0, 0.1) is 10.1 Å². The number of hydrogen-bond donors (Lipinski definition) is 1. The number of anilines is 2. The minimum Gasteiger partial charge on any atom is -0.380 e. The number of para-hydroxylation sites is 1. The van der Waals surface area contributed by atoms with Crippen LogP contribution in [0.25, 0.3) is 0 Å². The second-order valence-corrected chi connectivity index (χ2v) is 6.90. The lowest BCUT2D eigenvalue weighted by atomic mass is 10.2. The zero-order chi connectivity index (χ0) is 14.8. The van der Waals surface area contributed by atoms with E-state index in [1.165, 1.54) is 0 Å². The van der Waals surface area contributed by atoms with Crippen LogP contribution >= 0.6 is 0 Å². The van der Waals surface area contributed by atoms with Crippen molar-refractivity contribution < 1.29 is 13.3 Å². The normalized spacial score (nSPS) is 17.8. The van der Waals surface area contributed by atoms with Gasteiger partial charge in [-0.05, 0) is 19.1 Å². The van der Waals surface area contributed by atoms with Crippen molar-refractivity contribution >= 4 is 26.9 Å². The molecular weight excluding hydrogens is 282 g/mol. The first-order valence-corrected chi connectivity index (χ1v) is 8.23. The minimum atomic E-state index is -3.00. The van der Waals surface area contributed by atoms with Crippen molar-refractivity contribution in [2.24, 2.45) is 0 Å². The summed E-state index contributed by atoms with van der Waals surface area (Å²) in [7, 11) is -3.00. The van der Waals surface area contributed by atoms with Gasteiger partial charge in [-0.1, -0.05) is 6.07 Å². The van der Waals surface area contributed by atoms with Crippen LogP contribution in [0.4, 0.5) is 17.1 Å². The highest BCUT2D eigenvalue weighted by Crippen LogP contribution is 2.35. The summed E-state index contributed by atoms with van der Waals surface area (Å²) in [5.41, 5.74) is 0.945. The lowest BCUT2D eigenvalue weighted by molar-refractivity contribution is -0.383. The highest BCUT2D eigenvalue weighted by molar-refractivity contribution is 7.91. The van der Waals surface area contributed by atoms with Gasteiger partial charge < -0.3 is 10.2 Å². The molecule has 1 aromatic carbocycles. The Kier molecular flexibility index (Phi) is 4.12. The van der Waals surface area contributed by atoms with Crippen LogP contribution < -0.4 is 10.2 Å². The molecule has 1 aliphatic rings. The summed E-state index contributed by atoms with van der Waals surface area (Å²) in [5, 5.41) is 14.3. The van der Waals surface area contributed by atoms with Gasteiger partial charge in [0.1, 0.15) is 11.4 Å². The van der Waals surface area contributed by atoms with Crippen molar-refractivity contribution in [3.63, 3.8) is 0 Å². The monoisotopic (exact) mass is 299 g/mol. The van der Waals surface area contributed by atoms with Gasteiger partial charge in [0.15, 0.2) is 9.84 Å². The fraction of sp³-hybridized carbons (Fsp3) is 0.500. The summed E-state index contributed by atoms with van der Waals surface area (Å²) in [4.78, 5) is 12.7. The molecule has 20 heavy (non-hydrogen) atoms. The highest BCUT2D eigenvalue weighted by Gasteiger charge is 2.28. The third-order valence-corrected chi connectivity index (χ3v) is 4.86. The van der Waals surface area contributed by atoms with Gasteiger partial charge in [0.2, 0.25) is 0 Å². The van der Waals surface area contributed by atoms with Gasteiger partial charge >= 0.3 is 5.69 Å². The molecule has 0 unspecified atom stereocenters. The van der Waals surface area contributed by atoms with Crippen LogP contribution in [-0.4, -0.2) is 44.5 Å². The van der Waals surface area contributed by atoms with Crippen molar-refractivity contribution in [3.8, 4) is 0 Å². The largest absolute Gasteiger partial charge is 0.380 e. The number of nitro groups is 1. The first kappa shape index (κ1) is 14.6. The van der Waals surface area contributed by atoms with Gasteiger partial charge in [-0.15, -0.1) is 0 Å². The molecule has 1 fully saturated rings. The fourth-order valence-electron chi connectivity index (χ4n) is 2.26. The van der Waals surface area contributed by atoms with Crippen LogP contribution in [0.2, 0.25) is 0 Å². The van der Waals surface area contributed by atoms with E-state index in [0.29, 0.717) is 31.0 Å².